The molecule has 1 amide bonds. The van der Waals surface area contributed by atoms with Crippen LogP contribution in [0.3, 0.4) is 0 Å². The highest BCUT2D eigenvalue weighted by Crippen LogP contribution is 2.27. The fourth-order valence-electron chi connectivity index (χ4n) is 2.72. The van der Waals surface area contributed by atoms with Crippen LogP contribution >= 0.6 is 11.3 Å². The molecule has 0 atom stereocenters. The Labute approximate surface area is 128 Å². The first-order valence-electron chi connectivity index (χ1n) is 7.43. The van der Waals surface area contributed by atoms with Crippen LogP contribution < -0.4 is 5.32 Å². The van der Waals surface area contributed by atoms with E-state index in [9.17, 15) is 4.79 Å². The predicted molar refractivity (Wildman–Crippen MR) is 84.4 cm³/mol. The lowest BCUT2D eigenvalue weighted by molar-refractivity contribution is 0.0931. The van der Waals surface area contributed by atoms with Crippen molar-refractivity contribution in [2.75, 3.05) is 0 Å². The van der Waals surface area contributed by atoms with Gasteiger partial charge in [0.25, 0.3) is 5.91 Å². The van der Waals surface area contributed by atoms with E-state index in [1.807, 2.05) is 19.1 Å². The van der Waals surface area contributed by atoms with Crippen molar-refractivity contribution in [2.24, 2.45) is 0 Å². The largest absolute Gasteiger partial charge is 0.349 e. The summed E-state index contributed by atoms with van der Waals surface area (Å²) in [7, 11) is 0. The summed E-state index contributed by atoms with van der Waals surface area (Å²) < 4.78 is 0. The number of hydrogen-bond donors (Lipinski definition) is 1. The Kier molecular flexibility index (Phi) is 4.29. The van der Waals surface area contributed by atoms with Crippen molar-refractivity contribution in [3.63, 3.8) is 0 Å². The topological polar surface area (TPSA) is 54.9 Å². The predicted octanol–water partition coefficient (Wildman–Crippen LogP) is 3.58. The molecule has 2 aromatic heterocycles. The summed E-state index contributed by atoms with van der Waals surface area (Å²) in [6.45, 7) is 1.89. The Morgan fingerprint density at radius 2 is 2.14 bits per heavy atom. The van der Waals surface area contributed by atoms with Crippen LogP contribution in [0, 0.1) is 6.92 Å². The molecule has 1 N–H and O–H groups in total. The van der Waals surface area contributed by atoms with Gasteiger partial charge in [-0.15, -0.1) is 11.3 Å². The minimum Gasteiger partial charge on any atom is -0.349 e. The molecule has 0 saturated heterocycles. The maximum absolute atomic E-state index is 12.4. The van der Waals surface area contributed by atoms with E-state index in [1.165, 1.54) is 30.6 Å². The lowest BCUT2D eigenvalue weighted by Gasteiger charge is -2.22. The molecule has 0 radical (unpaired) electrons. The number of thiazole rings is 1. The van der Waals surface area contributed by atoms with Crippen molar-refractivity contribution >= 4 is 17.2 Å². The van der Waals surface area contributed by atoms with Gasteiger partial charge in [0, 0.05) is 24.0 Å². The maximum Gasteiger partial charge on any atom is 0.263 e. The molecule has 0 spiro atoms. The van der Waals surface area contributed by atoms with Crippen LogP contribution in [-0.2, 0) is 0 Å². The van der Waals surface area contributed by atoms with E-state index in [2.05, 4.69) is 15.3 Å². The highest BCUT2D eigenvalue weighted by atomic mass is 32.1. The van der Waals surface area contributed by atoms with Crippen LogP contribution in [0.5, 0.6) is 0 Å². The Bertz CT molecular complexity index is 618. The smallest absolute Gasteiger partial charge is 0.263 e. The van der Waals surface area contributed by atoms with Gasteiger partial charge in [0.1, 0.15) is 9.88 Å². The third kappa shape index (κ3) is 3.29. The van der Waals surface area contributed by atoms with Gasteiger partial charge in [-0.25, -0.2) is 4.98 Å². The Morgan fingerprint density at radius 3 is 2.86 bits per heavy atom. The summed E-state index contributed by atoms with van der Waals surface area (Å²) in [5.74, 6) is 0.0204. The summed E-state index contributed by atoms with van der Waals surface area (Å²) in [5.41, 5.74) is 1.76. The zero-order chi connectivity index (χ0) is 14.7. The van der Waals surface area contributed by atoms with E-state index in [-0.39, 0.29) is 5.91 Å². The summed E-state index contributed by atoms with van der Waals surface area (Å²) in [5, 5.41) is 4.01. The van der Waals surface area contributed by atoms with Gasteiger partial charge in [-0.05, 0) is 31.9 Å². The van der Waals surface area contributed by atoms with E-state index in [0.717, 1.165) is 34.0 Å². The number of amides is 1. The first kappa shape index (κ1) is 14.2. The second-order valence-corrected chi connectivity index (χ2v) is 6.48. The molecule has 21 heavy (non-hydrogen) atoms. The summed E-state index contributed by atoms with van der Waals surface area (Å²) in [6, 6.07) is 4.18. The van der Waals surface area contributed by atoms with Gasteiger partial charge >= 0.3 is 0 Å². The third-order valence-electron chi connectivity index (χ3n) is 3.85. The standard InChI is InChI=1S/C16H19N3OS/c1-11-14(15(20)19-13-7-3-2-4-8-13)21-16(18-11)12-6-5-9-17-10-12/h5-6,9-10,13H,2-4,7-8H2,1H3,(H,19,20). The lowest BCUT2D eigenvalue weighted by atomic mass is 9.95. The molecule has 0 unspecified atom stereocenters. The number of aromatic nitrogens is 2. The second kappa shape index (κ2) is 6.35. The molecule has 2 heterocycles. The second-order valence-electron chi connectivity index (χ2n) is 5.48. The van der Waals surface area contributed by atoms with Gasteiger partial charge < -0.3 is 5.32 Å². The van der Waals surface area contributed by atoms with Crippen LogP contribution in [0.4, 0.5) is 0 Å². The number of carbonyl (C=O) groups excluding carboxylic acids is 1. The van der Waals surface area contributed by atoms with E-state index < -0.39 is 0 Å². The van der Waals surface area contributed by atoms with Crippen molar-refractivity contribution < 1.29 is 4.79 Å². The number of carbonyl (C=O) groups is 1. The van der Waals surface area contributed by atoms with E-state index in [4.69, 9.17) is 0 Å². The molecule has 0 bridgehead atoms. The highest BCUT2D eigenvalue weighted by molar-refractivity contribution is 7.17. The molecule has 5 heteroatoms. The number of aryl methyl sites for hydroxylation is 1. The van der Waals surface area contributed by atoms with Gasteiger partial charge in [-0.2, -0.15) is 0 Å². The zero-order valence-corrected chi connectivity index (χ0v) is 12.9. The van der Waals surface area contributed by atoms with Crippen LogP contribution in [0.15, 0.2) is 24.5 Å². The van der Waals surface area contributed by atoms with Crippen molar-refractivity contribution in [3.05, 3.63) is 35.1 Å². The molecule has 1 fully saturated rings. The highest BCUT2D eigenvalue weighted by Gasteiger charge is 2.20. The van der Waals surface area contributed by atoms with Gasteiger partial charge in [-0.3, -0.25) is 9.78 Å². The van der Waals surface area contributed by atoms with Crippen molar-refractivity contribution in [2.45, 2.75) is 45.1 Å². The monoisotopic (exact) mass is 301 g/mol. The number of pyridine rings is 1. The Hall–Kier alpha value is -1.75. The normalized spacial score (nSPS) is 15.9. The number of nitrogens with zero attached hydrogens (tertiary/aromatic N) is 2. The zero-order valence-electron chi connectivity index (χ0n) is 12.1. The van der Waals surface area contributed by atoms with E-state index in [0.29, 0.717) is 6.04 Å². The molecule has 110 valence electrons. The quantitative estimate of drug-likeness (QED) is 0.942. The molecule has 0 aliphatic heterocycles. The molecule has 1 aliphatic rings. The Morgan fingerprint density at radius 1 is 1.33 bits per heavy atom. The minimum atomic E-state index is 0.0204. The van der Waals surface area contributed by atoms with Crippen LogP contribution in [0.1, 0.15) is 47.5 Å². The molecule has 0 aromatic carbocycles. The van der Waals surface area contributed by atoms with E-state index >= 15 is 0 Å². The van der Waals surface area contributed by atoms with Crippen molar-refractivity contribution in [1.29, 1.82) is 0 Å². The molecule has 3 rings (SSSR count). The molecule has 1 aliphatic carbocycles. The fraction of sp³-hybridized carbons (Fsp3) is 0.438. The van der Waals surface area contributed by atoms with Crippen molar-refractivity contribution in [3.8, 4) is 10.6 Å². The summed E-state index contributed by atoms with van der Waals surface area (Å²) in [6.07, 6.45) is 9.43. The van der Waals surface area contributed by atoms with E-state index in [1.54, 1.807) is 12.4 Å². The van der Waals surface area contributed by atoms with Gasteiger partial charge in [0.05, 0.1) is 5.69 Å². The third-order valence-corrected chi connectivity index (χ3v) is 5.06. The summed E-state index contributed by atoms with van der Waals surface area (Å²) >= 11 is 1.45. The van der Waals surface area contributed by atoms with Gasteiger partial charge in [0.15, 0.2) is 0 Å². The fourth-order valence-corrected chi connectivity index (χ4v) is 3.68. The molecular weight excluding hydrogens is 282 g/mol. The number of nitrogens with one attached hydrogen (secondary N) is 1. The Balaban J connectivity index is 1.76. The lowest BCUT2D eigenvalue weighted by Crippen LogP contribution is -2.36. The molecular formula is C16H19N3OS. The molecule has 4 nitrogen and oxygen atoms in total. The first-order valence-corrected chi connectivity index (χ1v) is 8.24. The SMILES string of the molecule is Cc1nc(-c2cccnc2)sc1C(=O)NC1CCCCC1. The number of rotatable bonds is 3. The van der Waals surface area contributed by atoms with Crippen LogP contribution in [0.2, 0.25) is 0 Å². The average Bonchev–Trinajstić information content (AvgIpc) is 2.91. The molecule has 1 saturated carbocycles. The van der Waals surface area contributed by atoms with Gasteiger partial charge in [0.2, 0.25) is 0 Å². The first-order chi connectivity index (χ1) is 10.2. The molecule has 2 aromatic rings. The maximum atomic E-state index is 12.4. The average molecular weight is 301 g/mol. The van der Waals surface area contributed by atoms with Crippen molar-refractivity contribution in [1.82, 2.24) is 15.3 Å². The van der Waals surface area contributed by atoms with Crippen LogP contribution in [0.25, 0.3) is 10.6 Å². The van der Waals surface area contributed by atoms with Crippen LogP contribution in [-0.4, -0.2) is 21.9 Å². The summed E-state index contributed by atoms with van der Waals surface area (Å²) in [4.78, 5) is 21.8. The number of hydrogen-bond acceptors (Lipinski definition) is 4. The minimum absolute atomic E-state index is 0.0204. The van der Waals surface area contributed by atoms with Gasteiger partial charge in [-0.1, -0.05) is 19.3 Å².